The fourth-order valence-corrected chi connectivity index (χ4v) is 3.68. The van der Waals surface area contributed by atoms with Crippen LogP contribution in [0.2, 0.25) is 0 Å². The van der Waals surface area contributed by atoms with Gasteiger partial charge in [-0.25, -0.2) is 0 Å². The predicted molar refractivity (Wildman–Crippen MR) is 92.8 cm³/mol. The van der Waals surface area contributed by atoms with Gasteiger partial charge in [0.05, 0.1) is 0 Å². The third-order valence-electron chi connectivity index (χ3n) is 5.09. The van der Waals surface area contributed by atoms with Gasteiger partial charge < -0.3 is 9.32 Å². The van der Waals surface area contributed by atoms with Gasteiger partial charge in [-0.05, 0) is 38.5 Å². The SMILES string of the molecule is Cc1c(C(=O)N2CCCCC2C)oc2c1ccc1ccccc12. The molecule has 2 heterocycles. The molecule has 0 saturated carbocycles. The molecular formula is C20H21NO2. The molecule has 23 heavy (non-hydrogen) atoms. The number of nitrogens with zero attached hydrogens (tertiary/aromatic N) is 1. The predicted octanol–water partition coefficient (Wildman–Crippen LogP) is 4.91. The lowest BCUT2D eigenvalue weighted by Gasteiger charge is -2.32. The molecule has 0 radical (unpaired) electrons. The normalized spacial score (nSPS) is 18.7. The van der Waals surface area contributed by atoms with E-state index in [0.29, 0.717) is 11.8 Å². The number of piperidine rings is 1. The summed E-state index contributed by atoms with van der Waals surface area (Å²) in [6.45, 7) is 4.95. The first-order chi connectivity index (χ1) is 11.2. The summed E-state index contributed by atoms with van der Waals surface area (Å²) in [7, 11) is 0. The Balaban J connectivity index is 1.85. The van der Waals surface area contributed by atoms with Crippen LogP contribution in [-0.2, 0) is 0 Å². The second-order valence-corrected chi connectivity index (χ2v) is 6.56. The van der Waals surface area contributed by atoms with Crippen LogP contribution in [0, 0.1) is 6.92 Å². The van der Waals surface area contributed by atoms with E-state index >= 15 is 0 Å². The number of fused-ring (bicyclic) bond motifs is 3. The molecule has 1 saturated heterocycles. The lowest BCUT2D eigenvalue weighted by molar-refractivity contribution is 0.0604. The van der Waals surface area contributed by atoms with Gasteiger partial charge in [0.2, 0.25) is 0 Å². The highest BCUT2D eigenvalue weighted by atomic mass is 16.3. The summed E-state index contributed by atoms with van der Waals surface area (Å²) < 4.78 is 6.08. The molecule has 1 aliphatic rings. The van der Waals surface area contributed by atoms with Crippen molar-refractivity contribution in [2.24, 2.45) is 0 Å². The van der Waals surface area contributed by atoms with Gasteiger partial charge in [-0.1, -0.05) is 36.4 Å². The number of carbonyl (C=O) groups is 1. The Kier molecular flexibility index (Phi) is 3.37. The molecule has 0 N–H and O–H groups in total. The Morgan fingerprint density at radius 2 is 1.96 bits per heavy atom. The maximum Gasteiger partial charge on any atom is 0.290 e. The molecule has 1 atom stereocenters. The van der Waals surface area contributed by atoms with Crippen molar-refractivity contribution in [3.05, 3.63) is 47.7 Å². The third-order valence-corrected chi connectivity index (χ3v) is 5.09. The van der Waals surface area contributed by atoms with Gasteiger partial charge in [0, 0.05) is 28.9 Å². The zero-order chi connectivity index (χ0) is 16.0. The fourth-order valence-electron chi connectivity index (χ4n) is 3.68. The third kappa shape index (κ3) is 2.23. The highest BCUT2D eigenvalue weighted by Crippen LogP contribution is 2.33. The first-order valence-corrected chi connectivity index (χ1v) is 8.38. The molecule has 1 aromatic heterocycles. The number of amides is 1. The van der Waals surface area contributed by atoms with Crippen LogP contribution < -0.4 is 0 Å². The van der Waals surface area contributed by atoms with E-state index in [1.54, 1.807) is 0 Å². The summed E-state index contributed by atoms with van der Waals surface area (Å²) in [5, 5.41) is 3.25. The molecule has 3 heteroatoms. The largest absolute Gasteiger partial charge is 0.450 e. The summed E-state index contributed by atoms with van der Waals surface area (Å²) in [4.78, 5) is 14.9. The van der Waals surface area contributed by atoms with Gasteiger partial charge in [0.25, 0.3) is 5.91 Å². The molecule has 1 unspecified atom stereocenters. The number of carbonyl (C=O) groups excluding carboxylic acids is 1. The molecule has 4 rings (SSSR count). The van der Waals surface area contributed by atoms with E-state index in [4.69, 9.17) is 4.42 Å². The summed E-state index contributed by atoms with van der Waals surface area (Å²) in [5.74, 6) is 0.542. The molecular weight excluding hydrogens is 286 g/mol. The molecule has 1 aliphatic heterocycles. The van der Waals surface area contributed by atoms with E-state index < -0.39 is 0 Å². The molecule has 0 spiro atoms. The van der Waals surface area contributed by atoms with Crippen LogP contribution in [-0.4, -0.2) is 23.4 Å². The minimum absolute atomic E-state index is 0.0370. The number of furan rings is 1. The molecule has 1 fully saturated rings. The maximum absolute atomic E-state index is 13.0. The van der Waals surface area contributed by atoms with Crippen molar-refractivity contribution in [1.29, 1.82) is 0 Å². The van der Waals surface area contributed by atoms with E-state index in [1.165, 1.54) is 6.42 Å². The number of likely N-dealkylation sites (tertiary alicyclic amines) is 1. The van der Waals surface area contributed by atoms with Crippen molar-refractivity contribution in [2.75, 3.05) is 6.54 Å². The van der Waals surface area contributed by atoms with Crippen LogP contribution >= 0.6 is 0 Å². The summed E-state index contributed by atoms with van der Waals surface area (Å²) in [6.07, 6.45) is 3.36. The van der Waals surface area contributed by atoms with Gasteiger partial charge in [-0.3, -0.25) is 4.79 Å². The smallest absolute Gasteiger partial charge is 0.290 e. The van der Waals surface area contributed by atoms with Crippen LogP contribution in [0.3, 0.4) is 0 Å². The number of rotatable bonds is 1. The van der Waals surface area contributed by atoms with E-state index in [2.05, 4.69) is 31.2 Å². The minimum atomic E-state index is 0.0370. The van der Waals surface area contributed by atoms with E-state index in [1.807, 2.05) is 24.0 Å². The average Bonchev–Trinajstić information content (AvgIpc) is 2.92. The monoisotopic (exact) mass is 307 g/mol. The number of aryl methyl sites for hydroxylation is 1. The minimum Gasteiger partial charge on any atom is -0.450 e. The van der Waals surface area contributed by atoms with Crippen LogP contribution in [0.1, 0.15) is 42.3 Å². The van der Waals surface area contributed by atoms with Crippen molar-refractivity contribution in [2.45, 2.75) is 39.2 Å². The molecule has 3 aromatic rings. The summed E-state index contributed by atoms with van der Waals surface area (Å²) >= 11 is 0. The standard InChI is InChI=1S/C20H21NO2/c1-13-7-5-6-12-21(13)20(22)18-14(2)16-11-10-15-8-3-4-9-17(15)19(16)23-18/h3-4,8-11,13H,5-7,12H2,1-2H3. The van der Waals surface area contributed by atoms with Gasteiger partial charge in [-0.2, -0.15) is 0 Å². The summed E-state index contributed by atoms with van der Waals surface area (Å²) in [6, 6.07) is 12.6. The van der Waals surface area contributed by atoms with Crippen molar-refractivity contribution < 1.29 is 9.21 Å². The van der Waals surface area contributed by atoms with E-state index in [0.717, 1.165) is 46.7 Å². The Morgan fingerprint density at radius 3 is 2.78 bits per heavy atom. The Bertz CT molecular complexity index is 893. The van der Waals surface area contributed by atoms with E-state index in [-0.39, 0.29) is 5.91 Å². The van der Waals surface area contributed by atoms with Crippen molar-refractivity contribution in [1.82, 2.24) is 4.90 Å². The highest BCUT2D eigenvalue weighted by Gasteiger charge is 2.28. The lowest BCUT2D eigenvalue weighted by Crippen LogP contribution is -2.42. The first-order valence-electron chi connectivity index (χ1n) is 8.38. The van der Waals surface area contributed by atoms with Gasteiger partial charge in [0.15, 0.2) is 5.76 Å². The van der Waals surface area contributed by atoms with Gasteiger partial charge >= 0.3 is 0 Å². The number of benzene rings is 2. The second kappa shape index (κ2) is 5.41. The Morgan fingerprint density at radius 1 is 1.13 bits per heavy atom. The molecule has 1 amide bonds. The van der Waals surface area contributed by atoms with Crippen molar-refractivity contribution in [3.63, 3.8) is 0 Å². The Labute approximate surface area is 135 Å². The van der Waals surface area contributed by atoms with E-state index in [9.17, 15) is 4.79 Å². The quantitative estimate of drug-likeness (QED) is 0.640. The summed E-state index contributed by atoms with van der Waals surface area (Å²) in [5.41, 5.74) is 1.78. The zero-order valence-electron chi connectivity index (χ0n) is 13.6. The molecule has 3 nitrogen and oxygen atoms in total. The molecule has 2 aromatic carbocycles. The second-order valence-electron chi connectivity index (χ2n) is 6.56. The zero-order valence-corrected chi connectivity index (χ0v) is 13.6. The van der Waals surface area contributed by atoms with Crippen molar-refractivity contribution >= 4 is 27.6 Å². The topological polar surface area (TPSA) is 33.5 Å². The maximum atomic E-state index is 13.0. The van der Waals surface area contributed by atoms with Crippen LogP contribution in [0.5, 0.6) is 0 Å². The van der Waals surface area contributed by atoms with Crippen molar-refractivity contribution in [3.8, 4) is 0 Å². The van der Waals surface area contributed by atoms with Gasteiger partial charge in [-0.15, -0.1) is 0 Å². The van der Waals surface area contributed by atoms with Crippen LogP contribution in [0.15, 0.2) is 40.8 Å². The Hall–Kier alpha value is -2.29. The van der Waals surface area contributed by atoms with Crippen LogP contribution in [0.25, 0.3) is 21.7 Å². The molecule has 118 valence electrons. The average molecular weight is 307 g/mol. The number of hydrogen-bond acceptors (Lipinski definition) is 2. The lowest BCUT2D eigenvalue weighted by atomic mass is 10.0. The molecule has 0 aliphatic carbocycles. The van der Waals surface area contributed by atoms with Crippen LogP contribution in [0.4, 0.5) is 0 Å². The highest BCUT2D eigenvalue weighted by molar-refractivity contribution is 6.08. The van der Waals surface area contributed by atoms with Gasteiger partial charge in [0.1, 0.15) is 5.58 Å². The number of hydrogen-bond donors (Lipinski definition) is 0. The molecule has 0 bridgehead atoms. The first kappa shape index (κ1) is 14.3. The fraction of sp³-hybridized carbons (Fsp3) is 0.350.